The molecule has 1 aromatic rings. The number of fused-ring (bicyclic) bond motifs is 3. The molecule has 0 radical (unpaired) electrons. The van der Waals surface area contributed by atoms with Crippen LogP contribution in [0.2, 0.25) is 5.02 Å². The van der Waals surface area contributed by atoms with Crippen molar-refractivity contribution in [3.8, 4) is 5.75 Å². The highest BCUT2D eigenvalue weighted by Gasteiger charge is 2.41. The van der Waals surface area contributed by atoms with Crippen LogP contribution in [-0.2, 0) is 0 Å². The molecule has 1 saturated heterocycles. The van der Waals surface area contributed by atoms with Crippen molar-refractivity contribution >= 4 is 11.6 Å². The van der Waals surface area contributed by atoms with Crippen LogP contribution >= 0.6 is 11.6 Å². The van der Waals surface area contributed by atoms with Crippen molar-refractivity contribution in [2.24, 2.45) is 5.92 Å². The summed E-state index contributed by atoms with van der Waals surface area (Å²) in [6.45, 7) is 4.37. The van der Waals surface area contributed by atoms with E-state index in [2.05, 4.69) is 12.2 Å². The number of hydrogen-bond donors (Lipinski definition) is 2. The molecular formula is C12H14ClNO. The van der Waals surface area contributed by atoms with Crippen LogP contribution < -0.4 is 5.32 Å². The van der Waals surface area contributed by atoms with Gasteiger partial charge in [-0.05, 0) is 41.6 Å². The molecule has 3 atom stereocenters. The van der Waals surface area contributed by atoms with Gasteiger partial charge in [0.15, 0.2) is 0 Å². The maximum atomic E-state index is 9.64. The summed E-state index contributed by atoms with van der Waals surface area (Å²) < 4.78 is 0. The second-order valence-electron chi connectivity index (χ2n) is 4.65. The van der Waals surface area contributed by atoms with Gasteiger partial charge in [-0.25, -0.2) is 0 Å². The van der Waals surface area contributed by atoms with Crippen molar-refractivity contribution in [1.29, 1.82) is 0 Å². The molecule has 2 nitrogen and oxygen atoms in total. The predicted octanol–water partition coefficient (Wildman–Crippen LogP) is 2.47. The number of aromatic hydroxyl groups is 1. The zero-order valence-electron chi connectivity index (χ0n) is 8.63. The molecule has 80 valence electrons. The van der Waals surface area contributed by atoms with Crippen molar-refractivity contribution < 1.29 is 5.11 Å². The summed E-state index contributed by atoms with van der Waals surface area (Å²) in [6.07, 6.45) is 0. The fraction of sp³-hybridized carbons (Fsp3) is 0.500. The SMILES string of the molecule is CC1c2cc(Cl)c(O)cc2C2CNCC12. The van der Waals surface area contributed by atoms with Crippen LogP contribution in [0, 0.1) is 5.92 Å². The normalized spacial score (nSPS) is 32.8. The van der Waals surface area contributed by atoms with Crippen LogP contribution in [0.5, 0.6) is 5.75 Å². The number of halogens is 1. The smallest absolute Gasteiger partial charge is 0.134 e. The van der Waals surface area contributed by atoms with E-state index >= 15 is 0 Å². The fourth-order valence-electron chi connectivity index (χ4n) is 3.10. The summed E-state index contributed by atoms with van der Waals surface area (Å²) in [7, 11) is 0. The van der Waals surface area contributed by atoms with E-state index in [0.29, 0.717) is 22.8 Å². The molecule has 3 unspecified atom stereocenters. The van der Waals surface area contributed by atoms with E-state index in [0.717, 1.165) is 13.1 Å². The summed E-state index contributed by atoms with van der Waals surface area (Å²) in [5.74, 6) is 2.02. The van der Waals surface area contributed by atoms with Crippen LogP contribution in [0.4, 0.5) is 0 Å². The van der Waals surface area contributed by atoms with Gasteiger partial charge in [0.05, 0.1) is 5.02 Å². The highest BCUT2D eigenvalue weighted by Crippen LogP contribution is 2.50. The summed E-state index contributed by atoms with van der Waals surface area (Å²) in [4.78, 5) is 0. The molecule has 0 amide bonds. The third-order valence-corrected chi connectivity index (χ3v) is 4.25. The van der Waals surface area contributed by atoms with Gasteiger partial charge >= 0.3 is 0 Å². The Hall–Kier alpha value is -0.730. The number of phenolic OH excluding ortho intramolecular Hbond substituents is 1. The van der Waals surface area contributed by atoms with E-state index in [4.69, 9.17) is 11.6 Å². The van der Waals surface area contributed by atoms with Gasteiger partial charge in [-0.15, -0.1) is 0 Å². The van der Waals surface area contributed by atoms with Gasteiger partial charge in [0.2, 0.25) is 0 Å². The van der Waals surface area contributed by atoms with E-state index < -0.39 is 0 Å². The Morgan fingerprint density at radius 3 is 2.93 bits per heavy atom. The summed E-state index contributed by atoms with van der Waals surface area (Å²) in [5, 5.41) is 13.5. The lowest BCUT2D eigenvalue weighted by Gasteiger charge is -2.12. The maximum Gasteiger partial charge on any atom is 0.134 e. The molecule has 1 aromatic carbocycles. The lowest BCUT2D eigenvalue weighted by molar-refractivity contribution is 0.473. The first-order valence-corrected chi connectivity index (χ1v) is 5.79. The van der Waals surface area contributed by atoms with Crippen LogP contribution in [-0.4, -0.2) is 18.2 Å². The number of benzene rings is 1. The zero-order chi connectivity index (χ0) is 10.6. The van der Waals surface area contributed by atoms with Gasteiger partial charge in [-0.3, -0.25) is 0 Å². The number of hydrogen-bond acceptors (Lipinski definition) is 2. The number of rotatable bonds is 0. The Labute approximate surface area is 94.3 Å². The van der Waals surface area contributed by atoms with Gasteiger partial charge in [0.1, 0.15) is 5.75 Å². The van der Waals surface area contributed by atoms with Crippen LogP contribution in [0.1, 0.15) is 29.9 Å². The minimum Gasteiger partial charge on any atom is -0.506 e. The van der Waals surface area contributed by atoms with Crippen molar-refractivity contribution in [1.82, 2.24) is 5.32 Å². The first-order valence-electron chi connectivity index (χ1n) is 5.41. The second-order valence-corrected chi connectivity index (χ2v) is 5.06. The molecule has 0 spiro atoms. The van der Waals surface area contributed by atoms with Gasteiger partial charge in [0.25, 0.3) is 0 Å². The first kappa shape index (κ1) is 9.49. The Bertz CT molecular complexity index is 418. The van der Waals surface area contributed by atoms with Gasteiger partial charge in [-0.2, -0.15) is 0 Å². The second kappa shape index (κ2) is 3.13. The van der Waals surface area contributed by atoms with Crippen molar-refractivity contribution in [3.63, 3.8) is 0 Å². The van der Waals surface area contributed by atoms with Crippen LogP contribution in [0.25, 0.3) is 0 Å². The van der Waals surface area contributed by atoms with Crippen molar-refractivity contribution in [2.45, 2.75) is 18.8 Å². The molecular weight excluding hydrogens is 210 g/mol. The molecule has 0 bridgehead atoms. The molecule has 1 heterocycles. The average molecular weight is 224 g/mol. The average Bonchev–Trinajstić information content (AvgIpc) is 2.75. The molecule has 2 N–H and O–H groups in total. The largest absolute Gasteiger partial charge is 0.506 e. The van der Waals surface area contributed by atoms with Gasteiger partial charge < -0.3 is 10.4 Å². The molecule has 1 aliphatic carbocycles. The van der Waals surface area contributed by atoms with Crippen molar-refractivity contribution in [2.75, 3.05) is 13.1 Å². The minimum absolute atomic E-state index is 0.218. The lowest BCUT2D eigenvalue weighted by Crippen LogP contribution is -2.12. The van der Waals surface area contributed by atoms with Gasteiger partial charge in [-0.1, -0.05) is 18.5 Å². The number of nitrogens with one attached hydrogen (secondary N) is 1. The highest BCUT2D eigenvalue weighted by molar-refractivity contribution is 6.32. The monoisotopic (exact) mass is 223 g/mol. The molecule has 0 aromatic heterocycles. The third-order valence-electron chi connectivity index (χ3n) is 3.95. The molecule has 0 saturated carbocycles. The Balaban J connectivity index is 2.15. The first-order chi connectivity index (χ1) is 7.18. The highest BCUT2D eigenvalue weighted by atomic mass is 35.5. The molecule has 3 heteroatoms. The zero-order valence-corrected chi connectivity index (χ0v) is 9.38. The Morgan fingerprint density at radius 2 is 2.13 bits per heavy atom. The standard InChI is InChI=1S/C12H14ClNO/c1-6-7-2-11(13)12(15)3-8(7)10-5-14-4-9(6)10/h2-3,6,9-10,14-15H,4-5H2,1H3. The summed E-state index contributed by atoms with van der Waals surface area (Å²) in [6, 6.07) is 3.79. The summed E-state index contributed by atoms with van der Waals surface area (Å²) >= 11 is 5.95. The van der Waals surface area contributed by atoms with E-state index in [1.54, 1.807) is 0 Å². The Kier molecular flexibility index (Phi) is 1.98. The fourth-order valence-corrected chi connectivity index (χ4v) is 3.28. The van der Waals surface area contributed by atoms with E-state index in [1.807, 2.05) is 12.1 Å². The third kappa shape index (κ3) is 1.21. The molecule has 2 aliphatic rings. The topological polar surface area (TPSA) is 32.3 Å². The molecule has 15 heavy (non-hydrogen) atoms. The van der Waals surface area contributed by atoms with E-state index in [1.165, 1.54) is 11.1 Å². The van der Waals surface area contributed by atoms with Crippen LogP contribution in [0.3, 0.4) is 0 Å². The molecule has 1 fully saturated rings. The lowest BCUT2D eigenvalue weighted by atomic mass is 9.91. The van der Waals surface area contributed by atoms with Gasteiger partial charge in [0, 0.05) is 12.5 Å². The summed E-state index contributed by atoms with van der Waals surface area (Å²) in [5.41, 5.74) is 2.62. The van der Waals surface area contributed by atoms with E-state index in [9.17, 15) is 5.11 Å². The maximum absolute atomic E-state index is 9.64. The predicted molar refractivity (Wildman–Crippen MR) is 60.6 cm³/mol. The minimum atomic E-state index is 0.218. The Morgan fingerprint density at radius 1 is 1.33 bits per heavy atom. The van der Waals surface area contributed by atoms with Crippen LogP contribution in [0.15, 0.2) is 12.1 Å². The number of phenols is 1. The molecule has 3 rings (SSSR count). The quantitative estimate of drug-likeness (QED) is 0.708. The molecule has 1 aliphatic heterocycles. The van der Waals surface area contributed by atoms with E-state index in [-0.39, 0.29) is 5.75 Å². The van der Waals surface area contributed by atoms with Crippen molar-refractivity contribution in [3.05, 3.63) is 28.3 Å².